The van der Waals surface area contributed by atoms with Gasteiger partial charge in [-0.2, -0.15) is 0 Å². The molecule has 0 aliphatic rings. The molecule has 1 heterocycles. The van der Waals surface area contributed by atoms with Gasteiger partial charge in [-0.25, -0.2) is 9.37 Å². The molecule has 0 aliphatic heterocycles. The number of thiazole rings is 1. The van der Waals surface area contributed by atoms with Gasteiger partial charge in [-0.3, -0.25) is 9.69 Å². The molecule has 0 saturated heterocycles. The molecule has 0 unspecified atom stereocenters. The number of rotatable bonds is 5. The average molecular weight is 372 g/mol. The molecule has 21 heavy (non-hydrogen) atoms. The van der Waals surface area contributed by atoms with Gasteiger partial charge in [0.1, 0.15) is 5.82 Å². The summed E-state index contributed by atoms with van der Waals surface area (Å²) in [6.07, 6.45) is 0. The third-order valence-corrected chi connectivity index (χ3v) is 4.46. The minimum Gasteiger partial charge on any atom is -0.378 e. The predicted molar refractivity (Wildman–Crippen MR) is 87.2 cm³/mol. The third-order valence-electron chi connectivity index (χ3n) is 2.86. The molecule has 7 heteroatoms. The quantitative estimate of drug-likeness (QED) is 0.862. The van der Waals surface area contributed by atoms with Crippen molar-refractivity contribution in [1.82, 2.24) is 4.98 Å². The normalized spacial score (nSPS) is 10.5. The van der Waals surface area contributed by atoms with Crippen LogP contribution < -0.4 is 10.2 Å². The van der Waals surface area contributed by atoms with E-state index in [2.05, 4.69) is 26.2 Å². The first-order valence-corrected chi connectivity index (χ1v) is 8.10. The largest absolute Gasteiger partial charge is 0.378 e. The second kappa shape index (κ2) is 7.00. The van der Waals surface area contributed by atoms with Crippen molar-refractivity contribution in [2.45, 2.75) is 20.4 Å². The number of benzene rings is 1. The van der Waals surface area contributed by atoms with Crippen molar-refractivity contribution in [1.29, 1.82) is 0 Å². The van der Waals surface area contributed by atoms with Crippen molar-refractivity contribution in [2.75, 3.05) is 16.8 Å². The summed E-state index contributed by atoms with van der Waals surface area (Å²) < 4.78 is 14.0. The first-order chi connectivity index (χ1) is 10.0. The Bertz CT molecular complexity index is 647. The lowest BCUT2D eigenvalue weighted by molar-refractivity contribution is -0.116. The molecule has 0 aliphatic carbocycles. The molecule has 112 valence electrons. The van der Waals surface area contributed by atoms with E-state index in [9.17, 15) is 9.18 Å². The fraction of sp³-hybridized carbons (Fsp3) is 0.286. The van der Waals surface area contributed by atoms with Crippen LogP contribution in [0.5, 0.6) is 0 Å². The fourth-order valence-corrected chi connectivity index (χ4v) is 3.13. The van der Waals surface area contributed by atoms with Crippen LogP contribution >= 0.6 is 27.3 Å². The smallest absolute Gasteiger partial charge is 0.225 e. The van der Waals surface area contributed by atoms with Gasteiger partial charge in [-0.1, -0.05) is 0 Å². The third kappa shape index (κ3) is 4.01. The van der Waals surface area contributed by atoms with Gasteiger partial charge >= 0.3 is 0 Å². The lowest BCUT2D eigenvalue weighted by Crippen LogP contribution is -2.27. The number of aromatic nitrogens is 1. The van der Waals surface area contributed by atoms with Crippen molar-refractivity contribution >= 4 is 44.0 Å². The van der Waals surface area contributed by atoms with Crippen molar-refractivity contribution < 1.29 is 9.18 Å². The Balaban J connectivity index is 2.06. The number of nitrogens with zero attached hydrogens (tertiary/aromatic N) is 2. The lowest BCUT2D eigenvalue weighted by Gasteiger charge is -2.14. The van der Waals surface area contributed by atoms with Gasteiger partial charge in [0.15, 0.2) is 5.13 Å². The molecular weight excluding hydrogens is 357 g/mol. The summed E-state index contributed by atoms with van der Waals surface area (Å²) in [5, 5.41) is 5.69. The maximum atomic E-state index is 13.2. The van der Waals surface area contributed by atoms with E-state index in [0.717, 1.165) is 10.2 Å². The van der Waals surface area contributed by atoms with Gasteiger partial charge in [0, 0.05) is 23.3 Å². The van der Waals surface area contributed by atoms with E-state index >= 15 is 0 Å². The molecule has 1 N–H and O–H groups in total. The van der Waals surface area contributed by atoms with E-state index in [1.165, 1.54) is 30.4 Å². The van der Waals surface area contributed by atoms with Crippen molar-refractivity contribution in [3.05, 3.63) is 39.6 Å². The van der Waals surface area contributed by atoms with E-state index in [0.29, 0.717) is 23.9 Å². The SMILES string of the molecule is CCN(C(C)=O)c1nc(CNc2cc(F)ccc2Br)cs1. The number of halogens is 2. The maximum Gasteiger partial charge on any atom is 0.225 e. The maximum absolute atomic E-state index is 13.2. The highest BCUT2D eigenvalue weighted by Gasteiger charge is 2.13. The number of carbonyl (C=O) groups excluding carboxylic acids is 1. The number of carbonyl (C=O) groups is 1. The lowest BCUT2D eigenvalue weighted by atomic mass is 10.3. The molecular formula is C14H15BrFN3OS. The number of anilines is 2. The molecule has 4 nitrogen and oxygen atoms in total. The van der Waals surface area contributed by atoms with Crippen molar-refractivity contribution in [3.63, 3.8) is 0 Å². The standard InChI is InChI=1S/C14H15BrFN3OS/c1-3-19(9(2)20)14-18-11(8-21-14)7-17-13-6-10(16)4-5-12(13)15/h4-6,8,17H,3,7H2,1-2H3. The second-order valence-electron chi connectivity index (χ2n) is 4.36. The van der Waals surface area contributed by atoms with Crippen LogP contribution in [0.25, 0.3) is 0 Å². The van der Waals surface area contributed by atoms with E-state index in [1.54, 1.807) is 11.0 Å². The van der Waals surface area contributed by atoms with Gasteiger partial charge in [-0.05, 0) is 41.1 Å². The van der Waals surface area contributed by atoms with Gasteiger partial charge in [-0.15, -0.1) is 11.3 Å². The van der Waals surface area contributed by atoms with Gasteiger partial charge in [0.25, 0.3) is 0 Å². The van der Waals surface area contributed by atoms with Crippen LogP contribution in [0.3, 0.4) is 0 Å². The zero-order valence-corrected chi connectivity index (χ0v) is 14.1. The Morgan fingerprint density at radius 3 is 2.95 bits per heavy atom. The van der Waals surface area contributed by atoms with Crippen LogP contribution in [0, 0.1) is 5.82 Å². The summed E-state index contributed by atoms with van der Waals surface area (Å²) in [6, 6.07) is 4.46. The molecule has 0 spiro atoms. The topological polar surface area (TPSA) is 45.2 Å². The van der Waals surface area contributed by atoms with Gasteiger partial charge in [0.05, 0.1) is 17.9 Å². The van der Waals surface area contributed by atoms with Crippen molar-refractivity contribution in [3.8, 4) is 0 Å². The molecule has 1 aromatic heterocycles. The Hall–Kier alpha value is -1.47. The molecule has 2 rings (SSSR count). The molecule has 0 atom stereocenters. The Morgan fingerprint density at radius 2 is 2.29 bits per heavy atom. The zero-order chi connectivity index (χ0) is 15.4. The summed E-state index contributed by atoms with van der Waals surface area (Å²) in [4.78, 5) is 17.5. The van der Waals surface area contributed by atoms with Gasteiger partial charge in [0.2, 0.25) is 5.91 Å². The second-order valence-corrected chi connectivity index (χ2v) is 6.05. The van der Waals surface area contributed by atoms with Crippen LogP contribution in [-0.4, -0.2) is 17.4 Å². The highest BCUT2D eigenvalue weighted by atomic mass is 79.9. The summed E-state index contributed by atoms with van der Waals surface area (Å²) in [7, 11) is 0. The minimum absolute atomic E-state index is 0.0285. The molecule has 0 bridgehead atoms. The average Bonchev–Trinajstić information content (AvgIpc) is 2.89. The summed E-state index contributed by atoms with van der Waals surface area (Å²) >= 11 is 4.78. The predicted octanol–water partition coefficient (Wildman–Crippen LogP) is 4.03. The molecule has 2 aromatic rings. The fourth-order valence-electron chi connectivity index (χ4n) is 1.81. The van der Waals surface area contributed by atoms with Crippen molar-refractivity contribution in [2.24, 2.45) is 0 Å². The monoisotopic (exact) mass is 371 g/mol. The molecule has 1 amide bonds. The van der Waals surface area contributed by atoms with E-state index in [1.807, 2.05) is 12.3 Å². The van der Waals surface area contributed by atoms with Crippen LogP contribution in [0.15, 0.2) is 28.1 Å². The zero-order valence-electron chi connectivity index (χ0n) is 11.7. The van der Waals surface area contributed by atoms with Crippen LogP contribution in [0.1, 0.15) is 19.5 Å². The van der Waals surface area contributed by atoms with E-state index in [4.69, 9.17) is 0 Å². The molecule has 0 saturated carbocycles. The van der Waals surface area contributed by atoms with Gasteiger partial charge < -0.3 is 5.32 Å². The first kappa shape index (κ1) is 15.9. The van der Waals surface area contributed by atoms with Crippen LogP contribution in [0.4, 0.5) is 15.2 Å². The van der Waals surface area contributed by atoms with E-state index < -0.39 is 0 Å². The Kier molecular flexibility index (Phi) is 5.30. The highest BCUT2D eigenvalue weighted by Crippen LogP contribution is 2.25. The number of hydrogen-bond acceptors (Lipinski definition) is 4. The van der Waals surface area contributed by atoms with Crippen LogP contribution in [-0.2, 0) is 11.3 Å². The first-order valence-electron chi connectivity index (χ1n) is 6.42. The summed E-state index contributed by atoms with van der Waals surface area (Å²) in [5.74, 6) is -0.326. The molecule has 1 aromatic carbocycles. The van der Waals surface area contributed by atoms with E-state index in [-0.39, 0.29) is 11.7 Å². The Labute approximate surface area is 135 Å². The summed E-state index contributed by atoms with van der Waals surface area (Å²) in [5.41, 5.74) is 1.48. The number of nitrogens with one attached hydrogen (secondary N) is 1. The molecule has 0 radical (unpaired) electrons. The number of amides is 1. The molecule has 0 fully saturated rings. The summed E-state index contributed by atoms with van der Waals surface area (Å²) in [6.45, 7) is 4.48. The minimum atomic E-state index is -0.298. The number of hydrogen-bond donors (Lipinski definition) is 1. The Morgan fingerprint density at radius 1 is 1.52 bits per heavy atom. The van der Waals surface area contributed by atoms with Crippen LogP contribution in [0.2, 0.25) is 0 Å². The highest BCUT2D eigenvalue weighted by molar-refractivity contribution is 9.10.